The van der Waals surface area contributed by atoms with E-state index in [0.717, 1.165) is 0 Å². The molecule has 0 aliphatic carbocycles. The first-order valence-corrected chi connectivity index (χ1v) is 8.68. The minimum Gasteiger partial charge on any atom is -0.352 e. The Balaban J connectivity index is 2.85. The van der Waals surface area contributed by atoms with Crippen LogP contribution in [0.5, 0.6) is 0 Å². The molecule has 9 heteroatoms. The van der Waals surface area contributed by atoms with Gasteiger partial charge in [0, 0.05) is 25.9 Å². The number of ether oxygens (including phenoxy) is 1. The number of aryl methyl sites for hydroxylation is 1. The summed E-state index contributed by atoms with van der Waals surface area (Å²) >= 11 is 0. The third-order valence-electron chi connectivity index (χ3n) is 3.31. The lowest BCUT2D eigenvalue weighted by Crippen LogP contribution is -2.36. The standard InChI is InChI=1S/C14H24N3O5P/c1-6-11(9-21-23(20)16(4)5)22-12(7-2)17-8-10(3)13(18)15-14(17)19/h8,11-12H,6-7,9H2,1-5H3/p+1/t11-,12+/m0/s1. The lowest BCUT2D eigenvalue weighted by Gasteiger charge is -2.23. The molecule has 0 saturated carbocycles. The Labute approximate surface area is 136 Å². The first kappa shape index (κ1) is 19.7. The molecule has 0 fully saturated rings. The largest absolute Gasteiger partial charge is 0.615 e. The Morgan fingerprint density at radius 3 is 2.48 bits per heavy atom. The van der Waals surface area contributed by atoms with Crippen LogP contribution in [0.15, 0.2) is 15.8 Å². The topological polar surface area (TPSA) is 93.6 Å². The third kappa shape index (κ3) is 5.66. The fraction of sp³-hybridized carbons (Fsp3) is 0.714. The van der Waals surface area contributed by atoms with Gasteiger partial charge in [0.15, 0.2) is 0 Å². The molecule has 0 spiro atoms. The number of hydrogen-bond donors (Lipinski definition) is 1. The molecular formula is C14H25N3O5P+. The molecule has 0 amide bonds. The highest BCUT2D eigenvalue weighted by molar-refractivity contribution is 7.36. The average Bonchev–Trinajstić information content (AvgIpc) is 2.51. The van der Waals surface area contributed by atoms with Gasteiger partial charge in [-0.25, -0.2) is 4.79 Å². The quantitative estimate of drug-likeness (QED) is 0.685. The molecule has 23 heavy (non-hydrogen) atoms. The molecule has 130 valence electrons. The summed E-state index contributed by atoms with van der Waals surface area (Å²) in [7, 11) is 1.44. The van der Waals surface area contributed by atoms with E-state index in [4.69, 9.17) is 9.26 Å². The van der Waals surface area contributed by atoms with Crippen molar-refractivity contribution in [3.63, 3.8) is 0 Å². The highest BCUT2D eigenvalue weighted by atomic mass is 31.1. The van der Waals surface area contributed by atoms with Crippen molar-refractivity contribution in [2.24, 2.45) is 0 Å². The summed E-state index contributed by atoms with van der Waals surface area (Å²) in [6.45, 7) is 5.59. The first-order valence-electron chi connectivity index (χ1n) is 7.55. The molecule has 0 radical (unpaired) electrons. The van der Waals surface area contributed by atoms with Crippen LogP contribution in [0.2, 0.25) is 0 Å². The Bertz CT molecular complexity index is 640. The van der Waals surface area contributed by atoms with Crippen LogP contribution in [-0.4, -0.2) is 41.0 Å². The molecule has 3 atom stereocenters. The molecule has 1 aromatic heterocycles. The van der Waals surface area contributed by atoms with E-state index in [2.05, 4.69) is 4.98 Å². The van der Waals surface area contributed by atoms with Gasteiger partial charge in [-0.1, -0.05) is 18.5 Å². The van der Waals surface area contributed by atoms with Crippen molar-refractivity contribution in [1.82, 2.24) is 14.2 Å². The van der Waals surface area contributed by atoms with Crippen molar-refractivity contribution in [1.29, 1.82) is 0 Å². The molecule has 0 saturated heterocycles. The van der Waals surface area contributed by atoms with Crippen LogP contribution in [0.3, 0.4) is 0 Å². The maximum Gasteiger partial charge on any atom is 0.615 e. The number of nitrogens with zero attached hydrogens (tertiary/aromatic N) is 2. The molecule has 8 nitrogen and oxygen atoms in total. The zero-order chi connectivity index (χ0) is 17.6. The fourth-order valence-electron chi connectivity index (χ4n) is 1.90. The van der Waals surface area contributed by atoms with Gasteiger partial charge in [0.1, 0.15) is 12.8 Å². The van der Waals surface area contributed by atoms with Crippen molar-refractivity contribution in [3.05, 3.63) is 32.6 Å². The van der Waals surface area contributed by atoms with Crippen molar-refractivity contribution < 1.29 is 13.8 Å². The van der Waals surface area contributed by atoms with Crippen LogP contribution in [0.4, 0.5) is 0 Å². The molecular weight excluding hydrogens is 321 g/mol. The van der Waals surface area contributed by atoms with Gasteiger partial charge in [-0.3, -0.25) is 14.3 Å². The number of nitrogens with one attached hydrogen (secondary N) is 1. The van der Waals surface area contributed by atoms with Gasteiger partial charge in [0.2, 0.25) is 0 Å². The predicted octanol–water partition coefficient (Wildman–Crippen LogP) is 1.78. The molecule has 1 rings (SSSR count). The fourth-order valence-corrected chi connectivity index (χ4v) is 2.42. The summed E-state index contributed by atoms with van der Waals surface area (Å²) in [5.41, 5.74) is -0.478. The maximum absolute atomic E-state index is 12.0. The summed E-state index contributed by atoms with van der Waals surface area (Å²) in [6, 6.07) is 0. The van der Waals surface area contributed by atoms with Gasteiger partial charge < -0.3 is 4.74 Å². The van der Waals surface area contributed by atoms with Crippen LogP contribution < -0.4 is 11.2 Å². The van der Waals surface area contributed by atoms with Crippen molar-refractivity contribution in [2.45, 2.75) is 45.9 Å². The van der Waals surface area contributed by atoms with Gasteiger partial charge in [-0.15, -0.1) is 4.52 Å². The second-order valence-electron chi connectivity index (χ2n) is 5.39. The third-order valence-corrected chi connectivity index (χ3v) is 4.33. The molecule has 1 unspecified atom stereocenters. The highest BCUT2D eigenvalue weighted by Crippen LogP contribution is 2.26. The lowest BCUT2D eigenvalue weighted by molar-refractivity contribution is -0.0752. The monoisotopic (exact) mass is 346 g/mol. The zero-order valence-corrected chi connectivity index (χ0v) is 15.1. The normalized spacial score (nSPS) is 14.8. The molecule has 0 aliphatic rings. The summed E-state index contributed by atoms with van der Waals surface area (Å²) in [5.74, 6) is 0. The van der Waals surface area contributed by atoms with Crippen LogP contribution >= 0.6 is 8.18 Å². The number of hydrogen-bond acceptors (Lipinski definition) is 5. The van der Waals surface area contributed by atoms with Crippen molar-refractivity contribution in [3.8, 4) is 0 Å². The van der Waals surface area contributed by atoms with Crippen LogP contribution in [0, 0.1) is 6.92 Å². The van der Waals surface area contributed by atoms with E-state index in [1.54, 1.807) is 21.0 Å². The Kier molecular flexibility index (Phi) is 7.78. The lowest BCUT2D eigenvalue weighted by atomic mass is 10.3. The van der Waals surface area contributed by atoms with E-state index >= 15 is 0 Å². The predicted molar refractivity (Wildman–Crippen MR) is 87.8 cm³/mol. The summed E-state index contributed by atoms with van der Waals surface area (Å²) in [4.78, 5) is 25.7. The zero-order valence-electron chi connectivity index (χ0n) is 14.2. The van der Waals surface area contributed by atoms with Crippen molar-refractivity contribution >= 4 is 8.18 Å². The second kappa shape index (κ2) is 9.08. The van der Waals surface area contributed by atoms with E-state index in [9.17, 15) is 14.2 Å². The second-order valence-corrected chi connectivity index (χ2v) is 6.92. The van der Waals surface area contributed by atoms with Crippen LogP contribution in [-0.2, 0) is 13.8 Å². The average molecular weight is 346 g/mol. The Hall–Kier alpha value is -1.34. The van der Waals surface area contributed by atoms with Crippen molar-refractivity contribution in [2.75, 3.05) is 20.7 Å². The van der Waals surface area contributed by atoms with Gasteiger partial charge in [0.05, 0.1) is 6.10 Å². The molecule has 0 aliphatic heterocycles. The highest BCUT2D eigenvalue weighted by Gasteiger charge is 2.26. The molecule has 0 aromatic carbocycles. The summed E-state index contributed by atoms with van der Waals surface area (Å²) < 4.78 is 25.7. The van der Waals surface area contributed by atoms with E-state index < -0.39 is 25.7 Å². The maximum atomic E-state index is 12.0. The Morgan fingerprint density at radius 1 is 1.30 bits per heavy atom. The number of H-pyrrole nitrogens is 1. The minimum atomic E-state index is -1.89. The van der Waals surface area contributed by atoms with Crippen LogP contribution in [0.25, 0.3) is 0 Å². The number of rotatable bonds is 9. The SMILES string of the molecule is CC[C@@H](CO[P+](=O)N(C)C)O[C@H](CC)n1cc(C)c(=O)[nH]c1=O. The summed E-state index contributed by atoms with van der Waals surface area (Å²) in [6.07, 6.45) is 1.84. The van der Waals surface area contributed by atoms with Gasteiger partial charge >= 0.3 is 13.9 Å². The van der Waals surface area contributed by atoms with E-state index in [1.807, 2.05) is 13.8 Å². The van der Waals surface area contributed by atoms with E-state index in [1.165, 1.54) is 15.4 Å². The van der Waals surface area contributed by atoms with E-state index in [0.29, 0.717) is 18.4 Å². The smallest absolute Gasteiger partial charge is 0.352 e. The molecule has 0 bridgehead atoms. The van der Waals surface area contributed by atoms with Gasteiger partial charge in [0.25, 0.3) is 5.56 Å². The van der Waals surface area contributed by atoms with Gasteiger partial charge in [-0.2, -0.15) is 0 Å². The minimum absolute atomic E-state index is 0.164. The van der Waals surface area contributed by atoms with Gasteiger partial charge in [-0.05, 0) is 24.3 Å². The summed E-state index contributed by atoms with van der Waals surface area (Å²) in [5, 5.41) is 0. The molecule has 1 aromatic rings. The molecule has 1 N–H and O–H groups in total. The number of aromatic nitrogens is 2. The Morgan fingerprint density at radius 2 is 1.96 bits per heavy atom. The first-order chi connectivity index (χ1) is 10.8. The van der Waals surface area contributed by atoms with E-state index in [-0.39, 0.29) is 12.7 Å². The molecule has 1 heterocycles. The van der Waals surface area contributed by atoms with Crippen LogP contribution in [0.1, 0.15) is 38.5 Å². The number of aromatic amines is 1.